The molecular weight excluding hydrogens is 229 g/mol. The van der Waals surface area contributed by atoms with Crippen LogP contribution in [0.25, 0.3) is 0 Å². The molecule has 2 N–H and O–H groups in total. The quantitative estimate of drug-likeness (QED) is 0.730. The number of hydrogen-bond acceptors (Lipinski definition) is 3. The molecule has 1 rings (SSSR count). The molecule has 5 nitrogen and oxygen atoms in total. The Morgan fingerprint density at radius 1 is 1.47 bits per heavy atom. The van der Waals surface area contributed by atoms with E-state index in [2.05, 4.69) is 5.32 Å². The molecule has 0 saturated carbocycles. The molecule has 17 heavy (non-hydrogen) atoms. The molecule has 0 aromatic heterocycles. The molecule has 98 valence electrons. The number of halogens is 1. The van der Waals surface area contributed by atoms with Gasteiger partial charge in [0.15, 0.2) is 6.04 Å². The van der Waals surface area contributed by atoms with Gasteiger partial charge in [-0.25, -0.2) is 9.18 Å². The second-order valence-corrected chi connectivity index (χ2v) is 4.14. The molecule has 6 heteroatoms. The molecule has 1 aliphatic rings. The molecule has 1 fully saturated rings. The fourth-order valence-electron chi connectivity index (χ4n) is 1.76. The Morgan fingerprint density at radius 2 is 2.24 bits per heavy atom. The molecule has 0 aliphatic carbocycles. The van der Waals surface area contributed by atoms with Gasteiger partial charge >= 0.3 is 5.97 Å². The smallest absolute Gasteiger partial charge is 0.328 e. The molecule has 0 aromatic carbocycles. The van der Waals surface area contributed by atoms with Gasteiger partial charge in [0.25, 0.3) is 0 Å². The van der Waals surface area contributed by atoms with E-state index in [1.165, 1.54) is 0 Å². The summed E-state index contributed by atoms with van der Waals surface area (Å²) in [6.45, 7) is -0.379. The monoisotopic (exact) mass is 247 g/mol. The van der Waals surface area contributed by atoms with Crippen LogP contribution in [-0.2, 0) is 14.3 Å². The highest BCUT2D eigenvalue weighted by Crippen LogP contribution is 2.16. The maximum atomic E-state index is 12.2. The average Bonchev–Trinajstić information content (AvgIpc) is 2.34. The molecule has 2 atom stereocenters. The van der Waals surface area contributed by atoms with Gasteiger partial charge in [-0.3, -0.25) is 4.79 Å². The van der Waals surface area contributed by atoms with E-state index in [1.807, 2.05) is 0 Å². The Balaban J connectivity index is 2.21. The Morgan fingerprint density at radius 3 is 2.76 bits per heavy atom. The number of carboxylic acid groups (broad SMARTS) is 1. The Bertz CT molecular complexity index is 266. The van der Waals surface area contributed by atoms with E-state index >= 15 is 0 Å². The van der Waals surface area contributed by atoms with Crippen molar-refractivity contribution in [1.29, 1.82) is 0 Å². The highest BCUT2D eigenvalue weighted by Gasteiger charge is 2.21. The van der Waals surface area contributed by atoms with Crippen molar-refractivity contribution in [2.75, 3.05) is 13.3 Å². The zero-order valence-corrected chi connectivity index (χ0v) is 9.65. The highest BCUT2D eigenvalue weighted by atomic mass is 19.1. The van der Waals surface area contributed by atoms with Gasteiger partial charge in [-0.05, 0) is 25.7 Å². The molecule has 1 heterocycles. The number of aliphatic carboxylic acids is 1. The van der Waals surface area contributed by atoms with Crippen molar-refractivity contribution in [1.82, 2.24) is 5.32 Å². The molecule has 0 aromatic rings. The number of ether oxygens (including phenoxy) is 1. The summed E-state index contributed by atoms with van der Waals surface area (Å²) < 4.78 is 17.7. The van der Waals surface area contributed by atoms with Crippen LogP contribution in [0.1, 0.15) is 32.1 Å². The lowest BCUT2D eigenvalue weighted by molar-refractivity contribution is -0.142. The third-order valence-electron chi connectivity index (χ3n) is 2.75. The largest absolute Gasteiger partial charge is 0.480 e. The first-order valence-electron chi connectivity index (χ1n) is 5.83. The second-order valence-electron chi connectivity index (χ2n) is 4.14. The van der Waals surface area contributed by atoms with Crippen LogP contribution in [0.3, 0.4) is 0 Å². The summed E-state index contributed by atoms with van der Waals surface area (Å²) in [4.78, 5) is 21.9. The van der Waals surface area contributed by atoms with Crippen molar-refractivity contribution in [2.24, 2.45) is 0 Å². The van der Waals surface area contributed by atoms with Gasteiger partial charge in [-0.1, -0.05) is 0 Å². The molecule has 1 saturated heterocycles. The fraction of sp³-hybridized carbons (Fsp3) is 0.818. The van der Waals surface area contributed by atoms with E-state index in [1.54, 1.807) is 0 Å². The number of hydrogen-bond donors (Lipinski definition) is 2. The van der Waals surface area contributed by atoms with Crippen LogP contribution < -0.4 is 5.32 Å². The zero-order valence-electron chi connectivity index (χ0n) is 9.65. The van der Waals surface area contributed by atoms with Crippen LogP contribution in [0.4, 0.5) is 4.39 Å². The number of alkyl halides is 1. The molecule has 1 amide bonds. The minimum atomic E-state index is -1.44. The summed E-state index contributed by atoms with van der Waals surface area (Å²) in [7, 11) is 0. The number of carbonyl (C=O) groups is 2. The predicted octanol–water partition coefficient (Wildman–Crippen LogP) is 0.875. The van der Waals surface area contributed by atoms with E-state index in [0.29, 0.717) is 13.0 Å². The van der Waals surface area contributed by atoms with E-state index in [4.69, 9.17) is 9.84 Å². The normalized spacial score (nSPS) is 21.8. The maximum absolute atomic E-state index is 12.2. The van der Waals surface area contributed by atoms with Gasteiger partial charge in [0.1, 0.15) is 6.67 Å². The van der Waals surface area contributed by atoms with Crippen molar-refractivity contribution in [3.8, 4) is 0 Å². The minimum absolute atomic E-state index is 0.0724. The third-order valence-corrected chi connectivity index (χ3v) is 2.75. The third kappa shape index (κ3) is 5.12. The summed E-state index contributed by atoms with van der Waals surface area (Å²) in [6.07, 6.45) is 3.88. The Hall–Kier alpha value is -1.17. The first-order chi connectivity index (χ1) is 8.13. The van der Waals surface area contributed by atoms with Crippen LogP contribution in [0, 0.1) is 0 Å². The van der Waals surface area contributed by atoms with Crippen molar-refractivity contribution in [3.05, 3.63) is 0 Å². The van der Waals surface area contributed by atoms with Crippen LogP contribution >= 0.6 is 0 Å². The van der Waals surface area contributed by atoms with Gasteiger partial charge in [0.05, 0.1) is 6.10 Å². The van der Waals surface area contributed by atoms with Gasteiger partial charge in [-0.15, -0.1) is 0 Å². The van der Waals surface area contributed by atoms with Crippen LogP contribution in [0.5, 0.6) is 0 Å². The first-order valence-corrected chi connectivity index (χ1v) is 5.83. The minimum Gasteiger partial charge on any atom is -0.480 e. The maximum Gasteiger partial charge on any atom is 0.328 e. The van der Waals surface area contributed by atoms with Crippen LogP contribution in [0.2, 0.25) is 0 Å². The lowest BCUT2D eigenvalue weighted by atomic mass is 10.0. The topological polar surface area (TPSA) is 75.6 Å². The number of rotatable bonds is 6. The van der Waals surface area contributed by atoms with E-state index in [9.17, 15) is 14.0 Å². The molecular formula is C11H18FNO4. The van der Waals surface area contributed by atoms with Gasteiger partial charge < -0.3 is 15.2 Å². The lowest BCUT2D eigenvalue weighted by Crippen LogP contribution is -2.42. The van der Waals surface area contributed by atoms with Gasteiger partial charge in [0.2, 0.25) is 5.91 Å². The summed E-state index contributed by atoms with van der Waals surface area (Å²) in [6, 6.07) is -1.44. The summed E-state index contributed by atoms with van der Waals surface area (Å²) in [5, 5.41) is 10.7. The van der Waals surface area contributed by atoms with Gasteiger partial charge in [0, 0.05) is 13.0 Å². The van der Waals surface area contributed by atoms with E-state index in [-0.39, 0.29) is 12.5 Å². The molecule has 2 unspecified atom stereocenters. The lowest BCUT2D eigenvalue weighted by Gasteiger charge is -2.22. The van der Waals surface area contributed by atoms with Crippen molar-refractivity contribution >= 4 is 11.9 Å². The number of carbonyl (C=O) groups excluding carboxylic acids is 1. The summed E-state index contributed by atoms with van der Waals surface area (Å²) in [5.74, 6) is -1.79. The molecule has 0 radical (unpaired) electrons. The van der Waals surface area contributed by atoms with Crippen LogP contribution in [0.15, 0.2) is 0 Å². The summed E-state index contributed by atoms with van der Waals surface area (Å²) >= 11 is 0. The molecule has 1 aliphatic heterocycles. The predicted molar refractivity (Wildman–Crippen MR) is 58.4 cm³/mol. The number of carboxylic acids is 1. The van der Waals surface area contributed by atoms with E-state index < -0.39 is 24.6 Å². The second kappa shape index (κ2) is 7.21. The SMILES string of the molecule is O=C(CCC1CCCCO1)NC(CF)C(=O)O. The van der Waals surface area contributed by atoms with Gasteiger partial charge in [-0.2, -0.15) is 0 Å². The first kappa shape index (κ1) is 13.9. The highest BCUT2D eigenvalue weighted by molar-refractivity contribution is 5.83. The Kier molecular flexibility index (Phi) is 5.90. The fourth-order valence-corrected chi connectivity index (χ4v) is 1.76. The van der Waals surface area contributed by atoms with Crippen molar-refractivity contribution in [2.45, 2.75) is 44.2 Å². The molecule has 0 bridgehead atoms. The van der Waals surface area contributed by atoms with Crippen LogP contribution in [-0.4, -0.2) is 42.4 Å². The standard InChI is InChI=1S/C11H18FNO4/c12-7-9(11(15)16)13-10(14)5-4-8-3-1-2-6-17-8/h8-9H,1-7H2,(H,13,14)(H,15,16). The Labute approximate surface area is 99.3 Å². The van der Waals surface area contributed by atoms with Crippen molar-refractivity contribution < 1.29 is 23.8 Å². The number of nitrogens with one attached hydrogen (secondary N) is 1. The molecule has 0 spiro atoms. The zero-order chi connectivity index (χ0) is 12.7. The van der Waals surface area contributed by atoms with Crippen molar-refractivity contribution in [3.63, 3.8) is 0 Å². The number of amides is 1. The average molecular weight is 247 g/mol. The summed E-state index contributed by atoms with van der Waals surface area (Å²) in [5.41, 5.74) is 0. The van der Waals surface area contributed by atoms with E-state index in [0.717, 1.165) is 19.3 Å².